The van der Waals surface area contributed by atoms with Gasteiger partial charge in [-0.2, -0.15) is 0 Å². The summed E-state index contributed by atoms with van der Waals surface area (Å²) in [6.45, 7) is 74.8. The zero-order chi connectivity index (χ0) is 91.9. The molecule has 0 N–H and O–H groups in total. The second-order valence-electron chi connectivity index (χ2n) is 18.3. The Labute approximate surface area is 713 Å². The van der Waals surface area contributed by atoms with Gasteiger partial charge in [0, 0.05) is 11.1 Å². The molecular weight excluding hydrogens is 1520 g/mol. The highest BCUT2D eigenvalue weighted by Crippen LogP contribution is 2.51. The van der Waals surface area contributed by atoms with E-state index in [-0.39, 0.29) is 0 Å². The molecule has 117 heavy (non-hydrogen) atoms. The van der Waals surface area contributed by atoms with Crippen LogP contribution < -0.4 is 0 Å². The summed E-state index contributed by atoms with van der Waals surface area (Å²) in [5.74, 6) is 0. The van der Waals surface area contributed by atoms with Gasteiger partial charge in [-0.15, -0.1) is 0 Å². The Morgan fingerprint density at radius 1 is 0.205 bits per heavy atom. The van der Waals surface area contributed by atoms with Crippen molar-refractivity contribution in [1.29, 1.82) is 0 Å². The first-order valence-electron chi connectivity index (χ1n) is 42.0. The van der Waals surface area contributed by atoms with Gasteiger partial charge in [0.25, 0.3) is 0 Å². The molecule has 0 aromatic heterocycles. The average Bonchev–Trinajstić information content (AvgIpc) is 0.875. The molecule has 5 aromatic rings. The van der Waals surface area contributed by atoms with E-state index in [9.17, 15) is 14.2 Å². The predicted molar refractivity (Wildman–Crippen MR) is 485 cm³/mol. The Hall–Kier alpha value is -5.73. The average molecular weight is 1700 g/mol. The minimum Gasteiger partial charge on any atom is -0.309 e. The molecule has 0 fully saturated rings. The summed E-state index contributed by atoms with van der Waals surface area (Å²) in [7, 11) is -2.94. The molecule has 690 valence electrons. The molecule has 0 saturated carbocycles. The van der Waals surface area contributed by atoms with E-state index in [2.05, 4.69) is 195 Å². The van der Waals surface area contributed by atoms with E-state index < -0.39 is 7.60 Å². The van der Waals surface area contributed by atoms with E-state index in [1.165, 1.54) is 22.3 Å². The second kappa shape index (κ2) is 145. The highest BCUT2D eigenvalue weighted by Gasteiger charge is 2.23. The lowest BCUT2D eigenvalue weighted by molar-refractivity contribution is -0.287. The second-order valence-corrected chi connectivity index (χ2v) is 20.3. The number of carbonyl (C=O) groups excluding carboxylic acids is 2. The van der Waals surface area contributed by atoms with Gasteiger partial charge in [-0.05, 0) is 192 Å². The molecule has 0 heterocycles. The van der Waals surface area contributed by atoms with E-state index in [0.29, 0.717) is 175 Å². The van der Waals surface area contributed by atoms with Crippen molar-refractivity contribution >= 4 is 44.5 Å². The molecule has 0 radical (unpaired) electrons. The summed E-state index contributed by atoms with van der Waals surface area (Å²) in [6.07, 6.45) is 10.3. The van der Waals surface area contributed by atoms with Crippen LogP contribution in [0.1, 0.15) is 270 Å². The van der Waals surface area contributed by atoms with E-state index in [1.807, 2.05) is 264 Å². The lowest BCUT2D eigenvalue weighted by Gasteiger charge is -2.16. The smallest absolute Gasteiger partial charge is 0.309 e. The van der Waals surface area contributed by atoms with E-state index in [0.717, 1.165) is 5.56 Å². The number of benzene rings is 5. The van der Waals surface area contributed by atoms with Crippen LogP contribution in [0.4, 0.5) is 0 Å². The van der Waals surface area contributed by atoms with Gasteiger partial charge >= 0.3 is 7.60 Å². The summed E-state index contributed by atoms with van der Waals surface area (Å²) in [4.78, 5) is 110. The lowest BCUT2D eigenvalue weighted by atomic mass is 10.1. The van der Waals surface area contributed by atoms with Crippen LogP contribution in [0.3, 0.4) is 0 Å². The van der Waals surface area contributed by atoms with Gasteiger partial charge in [0.15, 0.2) is 0 Å². The molecule has 5 aromatic carbocycles. The monoisotopic (exact) mass is 1700 g/mol. The zero-order valence-electron chi connectivity index (χ0n) is 79.2. The highest BCUT2D eigenvalue weighted by atomic mass is 31.2. The molecule has 0 unspecified atom stereocenters. The Morgan fingerprint density at radius 3 is 0.530 bits per heavy atom. The number of hydrogen-bond donors (Lipinski definition) is 0. The molecule has 0 aliphatic carbocycles. The van der Waals surface area contributed by atoms with Crippen LogP contribution in [-0.2, 0) is 118 Å². The fourth-order valence-electron chi connectivity index (χ4n) is 5.98. The number of aldehydes is 2. The minimum absolute atomic E-state index is 0.343. The Morgan fingerprint density at radius 2 is 0.359 bits per heavy atom. The summed E-state index contributed by atoms with van der Waals surface area (Å²) in [6, 6.07) is 45.4. The van der Waals surface area contributed by atoms with Crippen molar-refractivity contribution < 1.29 is 121 Å². The van der Waals surface area contributed by atoms with Crippen molar-refractivity contribution in [2.75, 3.05) is 145 Å². The Balaban J connectivity index is -0.0000000933. The van der Waals surface area contributed by atoms with E-state index in [1.54, 1.807) is 24.3 Å². The van der Waals surface area contributed by atoms with Crippen molar-refractivity contribution in [3.8, 4) is 0 Å². The molecule has 25 nitrogen and oxygen atoms in total. The minimum atomic E-state index is -2.94. The summed E-state index contributed by atoms with van der Waals surface area (Å²) < 4.78 is 22.6. The number of carbonyl (C=O) groups is 2. The SMILES string of the molecule is C(=C\c1cccc(/C=C/c2ccccc2)c1)/c1ccccc1.CC.CC.CC.CC.CC.CCOOCC.CCOOCC.CCOOCC.CCOOCC.CCOOCC.CCOOCC.CCOOCC.CCOOCC.CCOOCC.CCOOCC.CCOP(=O)(Cc1ccccc1)OCC.O=Cc1cccc(C=O)c1. The number of hydrogen-bond acceptors (Lipinski definition) is 25. The maximum atomic E-state index is 12.1. The molecule has 0 aliphatic rings. The summed E-state index contributed by atoms with van der Waals surface area (Å²) in [5.41, 5.74) is 6.88. The van der Waals surface area contributed by atoms with Crippen molar-refractivity contribution in [3.05, 3.63) is 178 Å². The van der Waals surface area contributed by atoms with Crippen LogP contribution in [0.15, 0.2) is 140 Å². The van der Waals surface area contributed by atoms with Gasteiger partial charge in [-0.1, -0.05) is 221 Å². The van der Waals surface area contributed by atoms with Crippen LogP contribution in [0, 0.1) is 0 Å². The third-order valence-electron chi connectivity index (χ3n) is 9.69. The van der Waals surface area contributed by atoms with Gasteiger partial charge in [0.2, 0.25) is 0 Å². The van der Waals surface area contributed by atoms with Crippen LogP contribution in [0.25, 0.3) is 24.3 Å². The van der Waals surface area contributed by atoms with Gasteiger partial charge in [0.05, 0.1) is 152 Å². The maximum Gasteiger partial charge on any atom is 0.335 e. The third kappa shape index (κ3) is 142. The summed E-state index contributed by atoms with van der Waals surface area (Å²) in [5, 5.41) is 0. The maximum absolute atomic E-state index is 12.1. The molecule has 26 heteroatoms. The first kappa shape index (κ1) is 140. The molecule has 5 rings (SSSR count). The molecular formula is C91H171O25P. The highest BCUT2D eigenvalue weighted by molar-refractivity contribution is 7.53. The molecule has 0 spiro atoms. The molecule has 0 bridgehead atoms. The zero-order valence-corrected chi connectivity index (χ0v) is 80.1. The first-order valence-corrected chi connectivity index (χ1v) is 43.8. The molecule has 0 amide bonds. The van der Waals surface area contributed by atoms with Crippen LogP contribution in [0.5, 0.6) is 0 Å². The molecule has 0 saturated heterocycles. The Kier molecular flexibility index (Phi) is 174. The van der Waals surface area contributed by atoms with Crippen molar-refractivity contribution in [1.82, 2.24) is 0 Å². The fourth-order valence-corrected chi connectivity index (χ4v) is 7.68. The first-order chi connectivity index (χ1) is 57.1. The van der Waals surface area contributed by atoms with Crippen molar-refractivity contribution in [2.24, 2.45) is 0 Å². The van der Waals surface area contributed by atoms with Crippen molar-refractivity contribution in [2.45, 2.75) is 228 Å². The standard InChI is InChI=1S/C22H18.C11H17O3P.C8H6O2.10C4H10O2.5C2H6/c1-3-8-19(9-4-1)14-16-21-12-7-13-22(18-21)17-15-20-10-5-2-6-11-20;1-3-13-15(12,14-4-2)10-11-8-6-5-7-9-11;9-5-7-2-1-3-8(4-7)6-10;10*1-3-5-6-4-2;5*1-2/h1-18H;5-9H,3-4,10H2,1-2H3;1-6H;10*3-4H2,1-2H3;5*1-2H3/b16-14+,17-15+;;;;;;;;;;;;;;;;;. The molecule has 0 aliphatic heterocycles. The lowest BCUT2D eigenvalue weighted by Crippen LogP contribution is -1.98. The normalized spacial score (nSPS) is 9.23. The van der Waals surface area contributed by atoms with E-state index in [4.69, 9.17) is 9.05 Å². The fraction of sp³-hybridized carbons (Fsp3) is 0.604. The van der Waals surface area contributed by atoms with Gasteiger partial charge in [-0.3, -0.25) is 14.2 Å². The van der Waals surface area contributed by atoms with Gasteiger partial charge in [-0.25, -0.2) is 97.8 Å². The predicted octanol–water partition coefficient (Wildman–Crippen LogP) is 25.7. The van der Waals surface area contributed by atoms with Crippen molar-refractivity contribution in [3.63, 3.8) is 0 Å². The largest absolute Gasteiger partial charge is 0.335 e. The quantitative estimate of drug-likeness (QED) is 0.00878. The topological polar surface area (TPSA) is 254 Å². The van der Waals surface area contributed by atoms with Crippen LogP contribution in [-0.4, -0.2) is 158 Å². The van der Waals surface area contributed by atoms with Crippen LogP contribution in [0.2, 0.25) is 0 Å². The third-order valence-corrected chi connectivity index (χ3v) is 11.7. The number of rotatable bonds is 42. The Bertz CT molecular complexity index is 2220. The van der Waals surface area contributed by atoms with Crippen LogP contribution >= 0.6 is 7.60 Å². The van der Waals surface area contributed by atoms with Gasteiger partial charge in [0.1, 0.15) is 12.6 Å². The van der Waals surface area contributed by atoms with E-state index >= 15 is 0 Å². The van der Waals surface area contributed by atoms with Gasteiger partial charge < -0.3 is 9.05 Å². The summed E-state index contributed by atoms with van der Waals surface area (Å²) >= 11 is 0. The molecule has 0 atom stereocenters.